The number of carbonyl (C=O) groups is 1. The molecule has 0 heterocycles. The average molecular weight is 192 g/mol. The Bertz CT molecular complexity index is 150. The molecular formula is C7H16N2O2S. The molecule has 0 bridgehead atoms. The van der Waals surface area contributed by atoms with Crippen LogP contribution in [0.1, 0.15) is 6.92 Å². The van der Waals surface area contributed by atoms with Crippen LogP contribution in [0.25, 0.3) is 0 Å². The monoisotopic (exact) mass is 192 g/mol. The molecule has 0 aromatic rings. The lowest BCUT2D eigenvalue weighted by molar-refractivity contribution is -0.117. The van der Waals surface area contributed by atoms with Crippen LogP contribution in [0.15, 0.2) is 0 Å². The fraction of sp³-hybridized carbons (Fsp3) is 0.857. The Labute approximate surface area is 76.9 Å². The van der Waals surface area contributed by atoms with Crippen molar-refractivity contribution in [1.29, 1.82) is 0 Å². The van der Waals surface area contributed by atoms with Gasteiger partial charge in [-0.15, -0.1) is 0 Å². The molecule has 0 aliphatic heterocycles. The number of rotatable bonds is 6. The van der Waals surface area contributed by atoms with Crippen LogP contribution in [0.5, 0.6) is 0 Å². The van der Waals surface area contributed by atoms with Crippen molar-refractivity contribution in [3.63, 3.8) is 0 Å². The van der Waals surface area contributed by atoms with E-state index in [0.29, 0.717) is 12.3 Å². The van der Waals surface area contributed by atoms with E-state index in [9.17, 15) is 9.90 Å². The van der Waals surface area contributed by atoms with Crippen LogP contribution in [0.2, 0.25) is 0 Å². The Balaban J connectivity index is 3.53. The Morgan fingerprint density at radius 1 is 1.75 bits per heavy atom. The van der Waals surface area contributed by atoms with E-state index in [1.54, 1.807) is 18.7 Å². The molecule has 12 heavy (non-hydrogen) atoms. The maximum Gasteiger partial charge on any atom is 0.231 e. The van der Waals surface area contributed by atoms with Crippen molar-refractivity contribution in [3.05, 3.63) is 0 Å². The first kappa shape index (κ1) is 11.7. The Kier molecular flexibility index (Phi) is 5.28. The molecule has 4 nitrogen and oxygen atoms in total. The summed E-state index contributed by atoms with van der Waals surface area (Å²) in [5.74, 6) is 0.230. The maximum absolute atomic E-state index is 10.3. The van der Waals surface area contributed by atoms with Crippen molar-refractivity contribution in [2.75, 3.05) is 25.1 Å². The fourth-order valence-electron chi connectivity index (χ4n) is 0.817. The third kappa shape index (κ3) is 6.45. The zero-order valence-electron chi connectivity index (χ0n) is 7.46. The van der Waals surface area contributed by atoms with Gasteiger partial charge in [0.2, 0.25) is 5.91 Å². The molecule has 4 N–H and O–H groups in total. The molecule has 0 rings (SSSR count). The smallest absolute Gasteiger partial charge is 0.231 e. The number of thioether (sulfide) groups is 1. The zero-order valence-corrected chi connectivity index (χ0v) is 8.28. The lowest BCUT2D eigenvalue weighted by Gasteiger charge is -2.21. The molecule has 0 saturated carbocycles. The van der Waals surface area contributed by atoms with Crippen LogP contribution in [0.4, 0.5) is 0 Å². The second kappa shape index (κ2) is 5.40. The highest BCUT2D eigenvalue weighted by Crippen LogP contribution is 2.08. The van der Waals surface area contributed by atoms with Gasteiger partial charge in [-0.2, -0.15) is 11.8 Å². The molecule has 0 radical (unpaired) electrons. The molecule has 0 fully saturated rings. The van der Waals surface area contributed by atoms with E-state index in [2.05, 4.69) is 5.32 Å². The highest BCUT2D eigenvalue weighted by atomic mass is 32.2. The zero-order chi connectivity index (χ0) is 9.61. The Morgan fingerprint density at radius 3 is 2.75 bits per heavy atom. The van der Waals surface area contributed by atoms with Gasteiger partial charge in [0.25, 0.3) is 0 Å². The van der Waals surface area contributed by atoms with Crippen molar-refractivity contribution in [2.45, 2.75) is 12.5 Å². The van der Waals surface area contributed by atoms with E-state index in [-0.39, 0.29) is 6.54 Å². The predicted octanol–water partition coefficient (Wildman–Crippen LogP) is -0.825. The summed E-state index contributed by atoms with van der Waals surface area (Å²) in [5.41, 5.74) is 4.14. The molecule has 72 valence electrons. The van der Waals surface area contributed by atoms with E-state index in [4.69, 9.17) is 5.73 Å². The SMILES string of the molecule is CSCC(C)(O)CNCC(N)=O. The first-order chi connectivity index (χ1) is 5.48. The molecular weight excluding hydrogens is 176 g/mol. The van der Waals surface area contributed by atoms with Crippen LogP contribution in [-0.4, -0.2) is 41.7 Å². The number of carbonyl (C=O) groups excluding carboxylic acids is 1. The number of hydrogen-bond acceptors (Lipinski definition) is 4. The summed E-state index contributed by atoms with van der Waals surface area (Å²) >= 11 is 1.56. The predicted molar refractivity (Wildman–Crippen MR) is 51.1 cm³/mol. The number of aliphatic hydroxyl groups is 1. The fourth-order valence-corrected chi connectivity index (χ4v) is 1.54. The number of amides is 1. The minimum Gasteiger partial charge on any atom is -0.388 e. The molecule has 5 heteroatoms. The van der Waals surface area contributed by atoms with E-state index in [1.165, 1.54) is 0 Å². The van der Waals surface area contributed by atoms with Crippen molar-refractivity contribution in [3.8, 4) is 0 Å². The van der Waals surface area contributed by atoms with Gasteiger partial charge < -0.3 is 16.2 Å². The van der Waals surface area contributed by atoms with Gasteiger partial charge in [-0.1, -0.05) is 0 Å². The minimum absolute atomic E-state index is 0.116. The lowest BCUT2D eigenvalue weighted by atomic mass is 10.1. The lowest BCUT2D eigenvalue weighted by Crippen LogP contribution is -2.42. The van der Waals surface area contributed by atoms with Crippen LogP contribution in [0.3, 0.4) is 0 Å². The van der Waals surface area contributed by atoms with Crippen molar-refractivity contribution in [1.82, 2.24) is 5.32 Å². The normalized spacial score (nSPS) is 15.6. The summed E-state index contributed by atoms with van der Waals surface area (Å²) in [5, 5.41) is 12.4. The first-order valence-electron chi connectivity index (χ1n) is 3.68. The van der Waals surface area contributed by atoms with Crippen LogP contribution < -0.4 is 11.1 Å². The highest BCUT2D eigenvalue weighted by Gasteiger charge is 2.18. The van der Waals surface area contributed by atoms with Gasteiger partial charge in [0.1, 0.15) is 0 Å². The molecule has 0 spiro atoms. The Hall–Kier alpha value is -0.260. The van der Waals surface area contributed by atoms with Crippen molar-refractivity contribution in [2.24, 2.45) is 5.73 Å². The largest absolute Gasteiger partial charge is 0.388 e. The maximum atomic E-state index is 10.3. The van der Waals surface area contributed by atoms with Gasteiger partial charge in [-0.3, -0.25) is 4.79 Å². The molecule has 0 aromatic carbocycles. The van der Waals surface area contributed by atoms with Gasteiger partial charge >= 0.3 is 0 Å². The minimum atomic E-state index is -0.769. The van der Waals surface area contributed by atoms with Gasteiger partial charge in [0.15, 0.2) is 0 Å². The summed E-state index contributed by atoms with van der Waals surface area (Å²) in [7, 11) is 0. The summed E-state index contributed by atoms with van der Waals surface area (Å²) in [6.45, 7) is 2.22. The van der Waals surface area contributed by atoms with Crippen molar-refractivity contribution >= 4 is 17.7 Å². The van der Waals surface area contributed by atoms with Gasteiger partial charge in [-0.25, -0.2) is 0 Å². The van der Waals surface area contributed by atoms with Crippen molar-refractivity contribution < 1.29 is 9.90 Å². The summed E-state index contributed by atoms with van der Waals surface area (Å²) in [6.07, 6.45) is 1.92. The van der Waals surface area contributed by atoms with E-state index >= 15 is 0 Å². The summed E-state index contributed by atoms with van der Waals surface area (Å²) in [4.78, 5) is 10.3. The molecule has 1 amide bonds. The third-order valence-corrected chi connectivity index (χ3v) is 2.17. The molecule has 0 aromatic heterocycles. The number of primary amides is 1. The molecule has 0 aliphatic rings. The number of nitrogens with one attached hydrogen (secondary N) is 1. The third-order valence-electron chi connectivity index (χ3n) is 1.26. The molecule has 1 unspecified atom stereocenters. The number of nitrogens with two attached hydrogens (primary N) is 1. The quantitative estimate of drug-likeness (QED) is 0.514. The van der Waals surface area contributed by atoms with E-state index < -0.39 is 11.5 Å². The number of hydrogen-bond donors (Lipinski definition) is 3. The van der Waals surface area contributed by atoms with Gasteiger partial charge in [0, 0.05) is 12.3 Å². The van der Waals surface area contributed by atoms with Crippen LogP contribution in [-0.2, 0) is 4.79 Å². The second-order valence-corrected chi connectivity index (χ2v) is 3.87. The second-order valence-electron chi connectivity index (χ2n) is 3.00. The van der Waals surface area contributed by atoms with Gasteiger partial charge in [-0.05, 0) is 13.2 Å². The van der Waals surface area contributed by atoms with E-state index in [0.717, 1.165) is 0 Å². The standard InChI is InChI=1S/C7H16N2O2S/c1-7(11,5-12-2)4-9-3-6(8)10/h9,11H,3-5H2,1-2H3,(H2,8,10). The van der Waals surface area contributed by atoms with Crippen LogP contribution >= 0.6 is 11.8 Å². The van der Waals surface area contributed by atoms with Gasteiger partial charge in [0.05, 0.1) is 12.1 Å². The van der Waals surface area contributed by atoms with E-state index in [1.807, 2.05) is 6.26 Å². The topological polar surface area (TPSA) is 75.3 Å². The molecule has 1 atom stereocenters. The Morgan fingerprint density at radius 2 is 2.33 bits per heavy atom. The highest BCUT2D eigenvalue weighted by molar-refractivity contribution is 7.98. The average Bonchev–Trinajstić information content (AvgIpc) is 1.85. The van der Waals surface area contributed by atoms with Crippen LogP contribution in [0, 0.1) is 0 Å². The molecule has 0 saturated heterocycles. The first-order valence-corrected chi connectivity index (χ1v) is 5.07. The summed E-state index contributed by atoms with van der Waals surface area (Å²) < 4.78 is 0. The molecule has 0 aliphatic carbocycles. The summed E-state index contributed by atoms with van der Waals surface area (Å²) in [6, 6.07) is 0.